The lowest BCUT2D eigenvalue weighted by Crippen LogP contribution is -2.56. The number of hydrogen-bond donors (Lipinski definition) is 1. The Balaban J connectivity index is 1.28. The molecule has 1 aliphatic heterocycles. The molecule has 1 aromatic carbocycles. The van der Waals surface area contributed by atoms with Crippen LogP contribution in [0.5, 0.6) is 0 Å². The van der Waals surface area contributed by atoms with Crippen molar-refractivity contribution in [1.82, 2.24) is 4.90 Å². The molecule has 1 heterocycles. The molecule has 2 amide bonds. The van der Waals surface area contributed by atoms with Crippen LogP contribution in [0.4, 0.5) is 5.69 Å². The van der Waals surface area contributed by atoms with Crippen LogP contribution in [0.15, 0.2) is 24.3 Å². The van der Waals surface area contributed by atoms with E-state index in [2.05, 4.69) is 5.32 Å². The fourth-order valence-corrected chi connectivity index (χ4v) is 6.99. The second-order valence-corrected chi connectivity index (χ2v) is 9.91. The van der Waals surface area contributed by atoms with Crippen LogP contribution >= 0.6 is 0 Å². The van der Waals surface area contributed by atoms with Crippen molar-refractivity contribution >= 4 is 23.5 Å². The third-order valence-corrected chi connectivity index (χ3v) is 7.88. The molecule has 5 aliphatic rings. The number of ether oxygens (including phenoxy) is 1. The van der Waals surface area contributed by atoms with Crippen LogP contribution < -0.4 is 5.32 Å². The average Bonchev–Trinajstić information content (AvgIpc) is 3.22. The third-order valence-electron chi connectivity index (χ3n) is 7.88. The topological polar surface area (TPSA) is 75.7 Å². The number of nitrogens with one attached hydrogen (secondary N) is 1. The largest absolute Gasteiger partial charge is 0.465 e. The first-order valence-corrected chi connectivity index (χ1v) is 11.3. The van der Waals surface area contributed by atoms with Gasteiger partial charge >= 0.3 is 5.97 Å². The van der Waals surface area contributed by atoms with E-state index in [0.717, 1.165) is 25.7 Å². The van der Waals surface area contributed by atoms with E-state index in [1.54, 1.807) is 24.3 Å². The van der Waals surface area contributed by atoms with Crippen molar-refractivity contribution in [3.63, 3.8) is 0 Å². The minimum atomic E-state index is -0.406. The Kier molecular flexibility index (Phi) is 4.83. The highest BCUT2D eigenvalue weighted by molar-refractivity contribution is 5.99. The van der Waals surface area contributed by atoms with E-state index in [9.17, 15) is 14.4 Å². The zero-order chi connectivity index (χ0) is 20.9. The lowest BCUT2D eigenvalue weighted by atomic mass is 9.49. The minimum absolute atomic E-state index is 0.128. The van der Waals surface area contributed by atoms with Crippen molar-refractivity contribution in [3.8, 4) is 0 Å². The molecule has 0 radical (unpaired) electrons. The molecule has 1 saturated heterocycles. The number of esters is 1. The molecular formula is C24H30N2O4. The Morgan fingerprint density at radius 2 is 1.60 bits per heavy atom. The van der Waals surface area contributed by atoms with Gasteiger partial charge in [-0.3, -0.25) is 9.59 Å². The molecule has 4 bridgehead atoms. The molecule has 6 nitrogen and oxygen atoms in total. The van der Waals surface area contributed by atoms with Crippen molar-refractivity contribution < 1.29 is 19.1 Å². The molecule has 0 aromatic heterocycles. The molecule has 0 unspecified atom stereocenters. The SMILES string of the molecule is COC(=O)c1ccc(NC(=O)[C@@H]2CCCN2C(=O)C23CC4CC(CC(C4)C2)C3)cc1. The number of nitrogens with zero attached hydrogens (tertiary/aromatic N) is 1. The second-order valence-electron chi connectivity index (χ2n) is 9.91. The lowest BCUT2D eigenvalue weighted by molar-refractivity contribution is -0.160. The Morgan fingerprint density at radius 3 is 2.17 bits per heavy atom. The van der Waals surface area contributed by atoms with Gasteiger partial charge in [0.25, 0.3) is 0 Å². The summed E-state index contributed by atoms with van der Waals surface area (Å²) in [5.74, 6) is 1.84. The zero-order valence-electron chi connectivity index (χ0n) is 17.6. The Bertz CT molecular complexity index is 827. The highest BCUT2D eigenvalue weighted by atomic mass is 16.5. The summed E-state index contributed by atoms with van der Waals surface area (Å²) in [5, 5.41) is 2.94. The molecule has 5 fully saturated rings. The number of carbonyl (C=O) groups excluding carboxylic acids is 3. The maximum atomic E-state index is 13.7. The van der Waals surface area contributed by atoms with Crippen LogP contribution in [0.1, 0.15) is 61.7 Å². The minimum Gasteiger partial charge on any atom is -0.465 e. The van der Waals surface area contributed by atoms with Crippen LogP contribution in [-0.4, -0.2) is 42.4 Å². The maximum absolute atomic E-state index is 13.7. The van der Waals surface area contributed by atoms with Crippen LogP contribution in [-0.2, 0) is 14.3 Å². The number of amides is 2. The Labute approximate surface area is 177 Å². The molecular weight excluding hydrogens is 380 g/mol. The molecule has 1 aromatic rings. The van der Waals surface area contributed by atoms with E-state index in [1.807, 2.05) is 4.90 Å². The standard InChI is InChI=1S/C24H30N2O4/c1-30-22(28)18-4-6-19(7-5-18)25-21(27)20-3-2-8-26(20)23(29)24-12-15-9-16(13-24)11-17(10-15)14-24/h4-7,15-17,20H,2-3,8-14H2,1H3,(H,25,27)/t15?,16?,17?,20-,24?/m0/s1. The smallest absolute Gasteiger partial charge is 0.337 e. The number of hydrogen-bond acceptors (Lipinski definition) is 4. The summed E-state index contributed by atoms with van der Waals surface area (Å²) in [6.45, 7) is 0.681. The van der Waals surface area contributed by atoms with Crippen molar-refractivity contribution in [3.05, 3.63) is 29.8 Å². The van der Waals surface area contributed by atoms with Gasteiger partial charge < -0.3 is 15.0 Å². The van der Waals surface area contributed by atoms with Gasteiger partial charge in [-0.1, -0.05) is 0 Å². The number of carbonyl (C=O) groups is 3. The molecule has 1 atom stereocenters. The fraction of sp³-hybridized carbons (Fsp3) is 0.625. The number of methoxy groups -OCH3 is 1. The van der Waals surface area contributed by atoms with Gasteiger partial charge in [-0.15, -0.1) is 0 Å². The zero-order valence-corrected chi connectivity index (χ0v) is 17.6. The Hall–Kier alpha value is -2.37. The van der Waals surface area contributed by atoms with E-state index in [4.69, 9.17) is 4.74 Å². The van der Waals surface area contributed by atoms with Gasteiger partial charge in [0.1, 0.15) is 6.04 Å². The first kappa shape index (κ1) is 19.6. The Morgan fingerprint density at radius 1 is 1.00 bits per heavy atom. The number of rotatable bonds is 4. The van der Waals surface area contributed by atoms with E-state index in [1.165, 1.54) is 26.4 Å². The molecule has 6 heteroatoms. The summed E-state index contributed by atoms with van der Waals surface area (Å²) in [4.78, 5) is 40.2. The summed E-state index contributed by atoms with van der Waals surface area (Å²) >= 11 is 0. The average molecular weight is 411 g/mol. The molecule has 4 aliphatic carbocycles. The predicted molar refractivity (Wildman–Crippen MR) is 112 cm³/mol. The lowest BCUT2D eigenvalue weighted by Gasteiger charge is -2.56. The van der Waals surface area contributed by atoms with Crippen molar-refractivity contribution in [1.29, 1.82) is 0 Å². The predicted octanol–water partition coefficient (Wildman–Crippen LogP) is 3.62. The van der Waals surface area contributed by atoms with Gasteiger partial charge in [0.15, 0.2) is 0 Å². The van der Waals surface area contributed by atoms with E-state index < -0.39 is 12.0 Å². The van der Waals surface area contributed by atoms with Crippen LogP contribution in [0, 0.1) is 23.2 Å². The van der Waals surface area contributed by atoms with E-state index in [0.29, 0.717) is 42.0 Å². The molecule has 1 N–H and O–H groups in total. The van der Waals surface area contributed by atoms with Gasteiger partial charge in [0.2, 0.25) is 11.8 Å². The van der Waals surface area contributed by atoms with E-state index >= 15 is 0 Å². The number of benzene rings is 1. The summed E-state index contributed by atoms with van der Waals surface area (Å²) in [7, 11) is 1.34. The van der Waals surface area contributed by atoms with Crippen LogP contribution in [0.2, 0.25) is 0 Å². The van der Waals surface area contributed by atoms with E-state index in [-0.39, 0.29) is 17.2 Å². The van der Waals surface area contributed by atoms with Gasteiger partial charge in [-0.2, -0.15) is 0 Å². The highest BCUT2D eigenvalue weighted by Crippen LogP contribution is 2.60. The fourth-order valence-electron chi connectivity index (χ4n) is 6.99. The van der Waals surface area contributed by atoms with Gasteiger partial charge in [-0.25, -0.2) is 4.79 Å². The molecule has 6 rings (SSSR count). The maximum Gasteiger partial charge on any atom is 0.337 e. The molecule has 0 spiro atoms. The van der Waals surface area contributed by atoms with Gasteiger partial charge in [0, 0.05) is 12.2 Å². The van der Waals surface area contributed by atoms with Crippen LogP contribution in [0.3, 0.4) is 0 Å². The number of likely N-dealkylation sites (tertiary alicyclic amines) is 1. The first-order chi connectivity index (χ1) is 14.5. The summed E-state index contributed by atoms with van der Waals surface area (Å²) in [6, 6.07) is 6.27. The monoisotopic (exact) mass is 410 g/mol. The van der Waals surface area contributed by atoms with Gasteiger partial charge in [0.05, 0.1) is 18.1 Å². The van der Waals surface area contributed by atoms with Crippen molar-refractivity contribution in [2.75, 3.05) is 19.0 Å². The molecule has 4 saturated carbocycles. The summed E-state index contributed by atoms with van der Waals surface area (Å²) in [5.41, 5.74) is 0.858. The van der Waals surface area contributed by atoms with Crippen molar-refractivity contribution in [2.45, 2.75) is 57.4 Å². The van der Waals surface area contributed by atoms with Crippen molar-refractivity contribution in [2.24, 2.45) is 23.2 Å². The quantitative estimate of drug-likeness (QED) is 0.770. The second kappa shape index (κ2) is 7.40. The summed E-state index contributed by atoms with van der Waals surface area (Å²) < 4.78 is 4.71. The molecule has 30 heavy (non-hydrogen) atoms. The normalized spacial score (nSPS) is 34.1. The van der Waals surface area contributed by atoms with Crippen LogP contribution in [0.25, 0.3) is 0 Å². The van der Waals surface area contributed by atoms with Gasteiger partial charge in [-0.05, 0) is 93.4 Å². The third kappa shape index (κ3) is 3.30. The number of anilines is 1. The molecule has 160 valence electrons. The highest BCUT2D eigenvalue weighted by Gasteiger charge is 2.56. The first-order valence-electron chi connectivity index (χ1n) is 11.3. The summed E-state index contributed by atoms with van der Waals surface area (Å²) in [6.07, 6.45) is 8.57.